The fourth-order valence-electron chi connectivity index (χ4n) is 4.65. The van der Waals surface area contributed by atoms with Crippen molar-refractivity contribution in [2.75, 3.05) is 30.0 Å². The molecule has 10 heteroatoms. The number of hydrogen-bond donors (Lipinski definition) is 2. The summed E-state index contributed by atoms with van der Waals surface area (Å²) < 4.78 is 31.6. The number of aromatic nitrogens is 2. The highest BCUT2D eigenvalue weighted by atomic mass is 32.2. The largest absolute Gasteiger partial charge is 0.377 e. The van der Waals surface area contributed by atoms with Crippen molar-refractivity contribution in [2.24, 2.45) is 0 Å². The van der Waals surface area contributed by atoms with Crippen LogP contribution < -0.4 is 15.5 Å². The summed E-state index contributed by atoms with van der Waals surface area (Å²) in [5.41, 5.74) is 3.01. The van der Waals surface area contributed by atoms with Crippen LogP contribution in [0.1, 0.15) is 50.1 Å². The van der Waals surface area contributed by atoms with Crippen LogP contribution >= 0.6 is 0 Å². The van der Waals surface area contributed by atoms with Gasteiger partial charge in [-0.3, -0.25) is 0 Å². The minimum absolute atomic E-state index is 0.0754. The number of morpholine rings is 1. The number of rotatable bonds is 4. The van der Waals surface area contributed by atoms with Crippen molar-refractivity contribution in [1.82, 2.24) is 15.3 Å². The summed E-state index contributed by atoms with van der Waals surface area (Å²) in [5.74, 6) is 1.24. The Morgan fingerprint density at radius 3 is 2.53 bits per heavy atom. The lowest BCUT2D eigenvalue weighted by molar-refractivity contribution is 0.0984. The Labute approximate surface area is 200 Å². The first kappa shape index (κ1) is 23.0. The van der Waals surface area contributed by atoms with Gasteiger partial charge in [0.1, 0.15) is 5.82 Å². The molecule has 0 bridgehead atoms. The van der Waals surface area contributed by atoms with E-state index in [0.717, 1.165) is 24.1 Å². The molecule has 3 unspecified atom stereocenters. The molecule has 1 aromatic heterocycles. The number of benzene rings is 1. The Hall–Kier alpha value is -2.72. The minimum atomic E-state index is -3.32. The van der Waals surface area contributed by atoms with E-state index < -0.39 is 20.3 Å². The molecular formula is C24H31N5O4S. The fourth-order valence-corrected chi connectivity index (χ4v) is 6.31. The standard InChI is InChI=1S/C24H31N5O4S/c1-14-13-33-11-10-29(14)23-21-16(3)34(31,32)15(2)12-20(21)27-22(28-23)17-4-6-18(7-5-17)25-24(30)26-19-8-9-19/h4-7,14-16,19H,8-13H2,1-3H3,(H2,25,26,30). The van der Waals surface area contributed by atoms with Crippen LogP contribution in [0.2, 0.25) is 0 Å². The lowest BCUT2D eigenvalue weighted by Crippen LogP contribution is -2.45. The number of nitrogens with one attached hydrogen (secondary N) is 2. The maximum Gasteiger partial charge on any atom is 0.319 e. The molecule has 2 amide bonds. The monoisotopic (exact) mass is 485 g/mol. The maximum absolute atomic E-state index is 13.0. The summed E-state index contributed by atoms with van der Waals surface area (Å²) in [6.45, 7) is 7.33. The normalized spacial score (nSPS) is 26.0. The molecule has 3 aliphatic rings. The van der Waals surface area contributed by atoms with Crippen molar-refractivity contribution in [2.45, 2.75) is 62.6 Å². The average molecular weight is 486 g/mol. The summed E-state index contributed by atoms with van der Waals surface area (Å²) in [6, 6.07) is 7.59. The zero-order chi connectivity index (χ0) is 24.0. The maximum atomic E-state index is 13.0. The Balaban J connectivity index is 1.51. The molecule has 3 heterocycles. The molecule has 2 aliphatic heterocycles. The fraction of sp³-hybridized carbons (Fsp3) is 0.542. The van der Waals surface area contributed by atoms with E-state index in [9.17, 15) is 13.2 Å². The van der Waals surface area contributed by atoms with Crippen molar-refractivity contribution in [3.05, 3.63) is 35.5 Å². The van der Waals surface area contributed by atoms with Gasteiger partial charge >= 0.3 is 6.03 Å². The number of carbonyl (C=O) groups excluding carboxylic acids is 1. The van der Waals surface area contributed by atoms with Gasteiger partial charge < -0.3 is 20.3 Å². The van der Waals surface area contributed by atoms with Gasteiger partial charge in [-0.15, -0.1) is 0 Å². The molecule has 182 valence electrons. The van der Waals surface area contributed by atoms with Gasteiger partial charge in [0.2, 0.25) is 0 Å². The molecule has 1 saturated heterocycles. The van der Waals surface area contributed by atoms with E-state index in [0.29, 0.717) is 49.1 Å². The van der Waals surface area contributed by atoms with Gasteiger partial charge in [-0.1, -0.05) is 0 Å². The summed E-state index contributed by atoms with van der Waals surface area (Å²) in [5, 5.41) is 4.60. The van der Waals surface area contributed by atoms with Gasteiger partial charge in [0.15, 0.2) is 15.7 Å². The molecule has 2 N–H and O–H groups in total. The van der Waals surface area contributed by atoms with E-state index >= 15 is 0 Å². The smallest absolute Gasteiger partial charge is 0.319 e. The molecule has 9 nitrogen and oxygen atoms in total. The highest BCUT2D eigenvalue weighted by molar-refractivity contribution is 7.92. The predicted molar refractivity (Wildman–Crippen MR) is 131 cm³/mol. The Kier molecular flexibility index (Phi) is 5.97. The van der Waals surface area contributed by atoms with Crippen LogP contribution in [0.5, 0.6) is 0 Å². The van der Waals surface area contributed by atoms with E-state index in [1.807, 2.05) is 24.3 Å². The first-order valence-corrected chi connectivity index (χ1v) is 13.5. The number of nitrogens with zero attached hydrogens (tertiary/aromatic N) is 3. The average Bonchev–Trinajstić information content (AvgIpc) is 3.62. The summed E-state index contributed by atoms with van der Waals surface area (Å²) in [7, 11) is -3.32. The van der Waals surface area contributed by atoms with Gasteiger partial charge in [0.05, 0.1) is 35.4 Å². The molecule has 3 atom stereocenters. The molecule has 5 rings (SSSR count). The number of sulfone groups is 1. The Morgan fingerprint density at radius 2 is 1.85 bits per heavy atom. The van der Waals surface area contributed by atoms with Crippen LogP contribution in [0.25, 0.3) is 11.4 Å². The Bertz CT molecular complexity index is 1200. The third-order valence-corrected chi connectivity index (χ3v) is 9.41. The number of carbonyl (C=O) groups is 1. The number of amides is 2. The number of hydrogen-bond acceptors (Lipinski definition) is 7. The zero-order valence-corrected chi connectivity index (χ0v) is 20.6. The van der Waals surface area contributed by atoms with Crippen LogP contribution in [-0.4, -0.2) is 61.5 Å². The number of urea groups is 1. The van der Waals surface area contributed by atoms with Gasteiger partial charge in [-0.05, 0) is 57.9 Å². The SMILES string of the molecule is CC1COCCN1c1nc(-c2ccc(NC(=O)NC3CC3)cc2)nc2c1C(C)S(=O)(=O)C(C)C2. The summed E-state index contributed by atoms with van der Waals surface area (Å²) in [4.78, 5) is 23.9. The van der Waals surface area contributed by atoms with E-state index in [4.69, 9.17) is 14.7 Å². The topological polar surface area (TPSA) is 114 Å². The molecule has 0 spiro atoms. The summed E-state index contributed by atoms with van der Waals surface area (Å²) >= 11 is 0. The highest BCUT2D eigenvalue weighted by Crippen LogP contribution is 2.41. The van der Waals surface area contributed by atoms with Crippen LogP contribution in [-0.2, 0) is 21.0 Å². The van der Waals surface area contributed by atoms with Gasteiger partial charge in [0, 0.05) is 35.8 Å². The number of fused-ring (bicyclic) bond motifs is 1. The third-order valence-electron chi connectivity index (χ3n) is 6.90. The molecule has 1 aliphatic carbocycles. The Morgan fingerprint density at radius 1 is 1.12 bits per heavy atom. The van der Waals surface area contributed by atoms with Crippen molar-refractivity contribution < 1.29 is 17.9 Å². The lowest BCUT2D eigenvalue weighted by atomic mass is 10.0. The molecule has 1 aromatic carbocycles. The first-order chi connectivity index (χ1) is 16.2. The van der Waals surface area contributed by atoms with E-state index in [2.05, 4.69) is 22.5 Å². The number of ether oxygens (including phenoxy) is 1. The summed E-state index contributed by atoms with van der Waals surface area (Å²) in [6.07, 6.45) is 2.43. The van der Waals surface area contributed by atoms with Crippen molar-refractivity contribution in [1.29, 1.82) is 0 Å². The molecule has 1 saturated carbocycles. The van der Waals surface area contributed by atoms with Gasteiger partial charge in [-0.2, -0.15) is 0 Å². The molecule has 2 aromatic rings. The van der Waals surface area contributed by atoms with Gasteiger partial charge in [0.25, 0.3) is 0 Å². The van der Waals surface area contributed by atoms with Gasteiger partial charge in [-0.25, -0.2) is 23.2 Å². The molecule has 0 radical (unpaired) electrons. The second-order valence-electron chi connectivity index (χ2n) is 9.54. The third kappa shape index (κ3) is 4.36. The van der Waals surface area contributed by atoms with E-state index in [1.54, 1.807) is 13.8 Å². The van der Waals surface area contributed by atoms with E-state index in [1.165, 1.54) is 0 Å². The first-order valence-electron chi connectivity index (χ1n) is 11.9. The minimum Gasteiger partial charge on any atom is -0.377 e. The molecule has 2 fully saturated rings. The van der Waals surface area contributed by atoms with E-state index in [-0.39, 0.29) is 18.1 Å². The van der Waals surface area contributed by atoms with Crippen molar-refractivity contribution in [3.63, 3.8) is 0 Å². The second-order valence-corrected chi connectivity index (χ2v) is 12.2. The van der Waals surface area contributed by atoms with Crippen LogP contribution in [0.4, 0.5) is 16.3 Å². The zero-order valence-electron chi connectivity index (χ0n) is 19.7. The lowest BCUT2D eigenvalue weighted by Gasteiger charge is -2.38. The van der Waals surface area contributed by atoms with Crippen LogP contribution in [0.15, 0.2) is 24.3 Å². The van der Waals surface area contributed by atoms with Crippen molar-refractivity contribution >= 4 is 27.4 Å². The number of anilines is 2. The molecular weight excluding hydrogens is 454 g/mol. The quantitative estimate of drug-likeness (QED) is 0.684. The highest BCUT2D eigenvalue weighted by Gasteiger charge is 2.41. The van der Waals surface area contributed by atoms with Crippen LogP contribution in [0, 0.1) is 0 Å². The van der Waals surface area contributed by atoms with Crippen molar-refractivity contribution in [3.8, 4) is 11.4 Å². The second kappa shape index (κ2) is 8.81. The van der Waals surface area contributed by atoms with Crippen LogP contribution in [0.3, 0.4) is 0 Å². The predicted octanol–water partition coefficient (Wildman–Crippen LogP) is 3.07. The molecule has 34 heavy (non-hydrogen) atoms.